The molecular formula is C22H26N6O3. The number of carbonyl (C=O) groups excluding carboxylic acids is 2. The highest BCUT2D eigenvalue weighted by Gasteiger charge is 2.28. The topological polar surface area (TPSA) is 117 Å². The van der Waals surface area contributed by atoms with Gasteiger partial charge in [-0.2, -0.15) is 5.10 Å². The molecule has 3 aromatic rings. The van der Waals surface area contributed by atoms with Gasteiger partial charge in [0, 0.05) is 25.1 Å². The zero-order valence-electron chi connectivity index (χ0n) is 17.7. The van der Waals surface area contributed by atoms with E-state index in [0.717, 1.165) is 29.7 Å². The second-order valence-electron chi connectivity index (χ2n) is 8.06. The standard InChI is InChI=1S/C22H26N6O3/c1-14-5-7-17(8-6-14)21-18(11-24-25-21)22(30)28-9-3-4-16(13-28)10-20(29)23-12-19-15(2)26-31-27-19/h5-8,11,16H,3-4,9-10,12-13H2,1-2H3,(H,23,29)(H,24,25). The molecule has 3 heterocycles. The van der Waals surface area contributed by atoms with Crippen molar-refractivity contribution < 1.29 is 14.2 Å². The van der Waals surface area contributed by atoms with Crippen molar-refractivity contribution in [2.45, 2.75) is 39.7 Å². The van der Waals surface area contributed by atoms with Gasteiger partial charge in [0.2, 0.25) is 5.91 Å². The number of nitrogens with zero attached hydrogens (tertiary/aromatic N) is 4. The molecule has 162 valence electrons. The van der Waals surface area contributed by atoms with Gasteiger partial charge in [0.15, 0.2) is 0 Å². The van der Waals surface area contributed by atoms with Crippen molar-refractivity contribution in [2.24, 2.45) is 5.92 Å². The Bertz CT molecular complexity index is 1060. The van der Waals surface area contributed by atoms with Crippen molar-refractivity contribution in [2.75, 3.05) is 13.1 Å². The molecule has 1 aromatic carbocycles. The molecule has 1 saturated heterocycles. The molecule has 0 radical (unpaired) electrons. The summed E-state index contributed by atoms with van der Waals surface area (Å²) in [7, 11) is 0. The van der Waals surface area contributed by atoms with Crippen LogP contribution in [0.15, 0.2) is 35.1 Å². The minimum absolute atomic E-state index is 0.0567. The maximum absolute atomic E-state index is 13.2. The van der Waals surface area contributed by atoms with Crippen LogP contribution in [0, 0.1) is 19.8 Å². The lowest BCUT2D eigenvalue weighted by Gasteiger charge is -2.32. The number of amides is 2. The molecule has 1 aliphatic rings. The molecule has 1 fully saturated rings. The van der Waals surface area contributed by atoms with E-state index < -0.39 is 0 Å². The molecule has 1 aliphatic heterocycles. The van der Waals surface area contributed by atoms with Crippen molar-refractivity contribution in [3.05, 3.63) is 53.0 Å². The van der Waals surface area contributed by atoms with Gasteiger partial charge in [0.25, 0.3) is 5.91 Å². The SMILES string of the molecule is Cc1ccc(-c2[nH]ncc2C(=O)N2CCCC(CC(=O)NCc3nonc3C)C2)cc1. The number of nitrogens with one attached hydrogen (secondary N) is 2. The number of piperidine rings is 1. The second-order valence-corrected chi connectivity index (χ2v) is 8.06. The van der Waals surface area contributed by atoms with Crippen LogP contribution in [-0.4, -0.2) is 50.3 Å². The molecule has 9 heteroatoms. The van der Waals surface area contributed by atoms with E-state index >= 15 is 0 Å². The normalized spacial score (nSPS) is 16.3. The number of benzene rings is 1. The molecule has 9 nitrogen and oxygen atoms in total. The molecule has 1 unspecified atom stereocenters. The Morgan fingerprint density at radius 3 is 2.77 bits per heavy atom. The smallest absolute Gasteiger partial charge is 0.257 e. The number of rotatable bonds is 6. The van der Waals surface area contributed by atoms with E-state index in [4.69, 9.17) is 0 Å². The van der Waals surface area contributed by atoms with Gasteiger partial charge in [-0.3, -0.25) is 14.7 Å². The number of hydrogen-bond donors (Lipinski definition) is 2. The number of aromatic nitrogens is 4. The summed E-state index contributed by atoms with van der Waals surface area (Å²) in [5.41, 5.74) is 4.65. The first-order valence-corrected chi connectivity index (χ1v) is 10.5. The highest BCUT2D eigenvalue weighted by Crippen LogP contribution is 2.26. The molecule has 0 bridgehead atoms. The first-order valence-electron chi connectivity index (χ1n) is 10.5. The highest BCUT2D eigenvalue weighted by atomic mass is 16.6. The number of hydrogen-bond acceptors (Lipinski definition) is 6. The van der Waals surface area contributed by atoms with Gasteiger partial charge in [0.05, 0.1) is 24.0 Å². The number of H-pyrrole nitrogens is 1. The van der Waals surface area contributed by atoms with Crippen LogP contribution in [0.5, 0.6) is 0 Å². The Hall–Kier alpha value is -3.49. The number of likely N-dealkylation sites (tertiary alicyclic amines) is 1. The molecule has 2 aromatic heterocycles. The maximum atomic E-state index is 13.2. The fourth-order valence-electron chi connectivity index (χ4n) is 3.90. The monoisotopic (exact) mass is 422 g/mol. The average Bonchev–Trinajstić information content (AvgIpc) is 3.41. The summed E-state index contributed by atoms with van der Waals surface area (Å²) in [4.78, 5) is 27.4. The third-order valence-electron chi connectivity index (χ3n) is 5.69. The van der Waals surface area contributed by atoms with Crippen LogP contribution >= 0.6 is 0 Å². The van der Waals surface area contributed by atoms with Gasteiger partial charge in [-0.05, 0) is 32.6 Å². The van der Waals surface area contributed by atoms with Gasteiger partial charge in [-0.15, -0.1) is 0 Å². The van der Waals surface area contributed by atoms with Crippen molar-refractivity contribution in [1.29, 1.82) is 0 Å². The van der Waals surface area contributed by atoms with E-state index in [9.17, 15) is 9.59 Å². The van der Waals surface area contributed by atoms with Crippen molar-refractivity contribution in [3.63, 3.8) is 0 Å². The number of aryl methyl sites for hydroxylation is 2. The second kappa shape index (κ2) is 9.11. The molecule has 2 N–H and O–H groups in total. The van der Waals surface area contributed by atoms with Gasteiger partial charge in [-0.1, -0.05) is 40.1 Å². The van der Waals surface area contributed by atoms with E-state index in [1.807, 2.05) is 36.1 Å². The van der Waals surface area contributed by atoms with Crippen LogP contribution in [0.3, 0.4) is 0 Å². The van der Waals surface area contributed by atoms with Gasteiger partial charge in [-0.25, -0.2) is 4.63 Å². The van der Waals surface area contributed by atoms with Gasteiger partial charge in [0.1, 0.15) is 11.4 Å². The Balaban J connectivity index is 1.37. The van der Waals surface area contributed by atoms with E-state index in [-0.39, 0.29) is 17.7 Å². The number of aromatic amines is 1. The summed E-state index contributed by atoms with van der Waals surface area (Å²) in [6.07, 6.45) is 3.73. The average molecular weight is 422 g/mol. The van der Waals surface area contributed by atoms with Crippen molar-refractivity contribution in [3.8, 4) is 11.3 Å². The van der Waals surface area contributed by atoms with Gasteiger partial charge >= 0.3 is 0 Å². The van der Waals surface area contributed by atoms with E-state index in [2.05, 4.69) is 30.5 Å². The molecular weight excluding hydrogens is 396 g/mol. The first kappa shape index (κ1) is 20.8. The molecule has 0 saturated carbocycles. The van der Waals surface area contributed by atoms with Crippen molar-refractivity contribution >= 4 is 11.8 Å². The first-order chi connectivity index (χ1) is 15.0. The van der Waals surface area contributed by atoms with Crippen molar-refractivity contribution in [1.82, 2.24) is 30.7 Å². The largest absolute Gasteiger partial charge is 0.350 e. The van der Waals surface area contributed by atoms with Crippen LogP contribution in [-0.2, 0) is 11.3 Å². The van der Waals surface area contributed by atoms with Crippen LogP contribution in [0.1, 0.15) is 46.6 Å². The molecule has 2 amide bonds. The Morgan fingerprint density at radius 1 is 1.23 bits per heavy atom. The third-order valence-corrected chi connectivity index (χ3v) is 5.69. The summed E-state index contributed by atoms with van der Waals surface area (Å²) in [6.45, 7) is 5.33. The molecule has 0 spiro atoms. The minimum atomic E-state index is -0.0645. The van der Waals surface area contributed by atoms with E-state index in [1.165, 1.54) is 0 Å². The Kier molecular flexibility index (Phi) is 6.11. The van der Waals surface area contributed by atoms with Crippen LogP contribution in [0.25, 0.3) is 11.3 Å². The lowest BCUT2D eigenvalue weighted by Crippen LogP contribution is -2.41. The zero-order valence-corrected chi connectivity index (χ0v) is 17.7. The maximum Gasteiger partial charge on any atom is 0.257 e. The number of carbonyl (C=O) groups is 2. The Morgan fingerprint density at radius 2 is 2.03 bits per heavy atom. The highest BCUT2D eigenvalue weighted by molar-refractivity contribution is 5.99. The lowest BCUT2D eigenvalue weighted by molar-refractivity contribution is -0.122. The predicted molar refractivity (Wildman–Crippen MR) is 113 cm³/mol. The zero-order chi connectivity index (χ0) is 21.8. The fraction of sp³-hybridized carbons (Fsp3) is 0.409. The van der Waals surface area contributed by atoms with E-state index in [1.54, 1.807) is 13.1 Å². The van der Waals surface area contributed by atoms with Crippen LogP contribution < -0.4 is 5.32 Å². The summed E-state index contributed by atoms with van der Waals surface area (Å²) >= 11 is 0. The summed E-state index contributed by atoms with van der Waals surface area (Å²) in [5, 5.41) is 17.4. The van der Waals surface area contributed by atoms with Crippen LogP contribution in [0.2, 0.25) is 0 Å². The molecule has 0 aliphatic carbocycles. The predicted octanol–water partition coefficient (Wildman–Crippen LogP) is 2.64. The molecule has 4 rings (SSSR count). The summed E-state index contributed by atoms with van der Waals surface area (Å²) in [5.74, 6) is -0.00644. The van der Waals surface area contributed by atoms with Gasteiger partial charge < -0.3 is 10.2 Å². The molecule has 31 heavy (non-hydrogen) atoms. The van der Waals surface area contributed by atoms with Crippen LogP contribution in [0.4, 0.5) is 0 Å². The van der Waals surface area contributed by atoms with E-state index in [0.29, 0.717) is 43.0 Å². The molecule has 1 atom stereocenters. The quantitative estimate of drug-likeness (QED) is 0.631. The summed E-state index contributed by atoms with van der Waals surface area (Å²) in [6, 6.07) is 7.98. The third kappa shape index (κ3) is 4.82. The minimum Gasteiger partial charge on any atom is -0.350 e. The Labute approximate surface area is 180 Å². The lowest BCUT2D eigenvalue weighted by atomic mass is 9.93. The fourth-order valence-corrected chi connectivity index (χ4v) is 3.90. The summed E-state index contributed by atoms with van der Waals surface area (Å²) < 4.78 is 4.65.